The molecule has 0 saturated carbocycles. The van der Waals surface area contributed by atoms with Gasteiger partial charge >= 0.3 is 0 Å². The Morgan fingerprint density at radius 1 is 1.03 bits per heavy atom. The fraction of sp³-hybridized carbons (Fsp3) is 0.364. The Kier molecular flexibility index (Phi) is 5.05. The standard InChI is InChI=1S/C22H25N5O2/c1-13-12-16(29-4)7-8-17(13)24-22(28)20-25-19-18(14(2)11-15(3)23-19)21(26-20)27-9-5-6-10-27/h7-8,11-12H,5-6,9-10H2,1-4H3,(H,24,28). The van der Waals surface area contributed by atoms with Crippen LogP contribution in [0.1, 0.15) is 40.3 Å². The molecular formula is C22H25N5O2. The third-order valence-electron chi connectivity index (χ3n) is 5.26. The van der Waals surface area contributed by atoms with E-state index in [9.17, 15) is 4.79 Å². The van der Waals surface area contributed by atoms with Gasteiger partial charge in [-0.25, -0.2) is 15.0 Å². The van der Waals surface area contributed by atoms with E-state index in [0.29, 0.717) is 11.3 Å². The Hall–Kier alpha value is -3.22. The molecule has 1 aromatic carbocycles. The van der Waals surface area contributed by atoms with Crippen LogP contribution in [0.3, 0.4) is 0 Å². The first-order chi connectivity index (χ1) is 14.0. The lowest BCUT2D eigenvalue weighted by Gasteiger charge is -2.20. The number of rotatable bonds is 4. The maximum atomic E-state index is 13.0. The molecule has 0 aliphatic carbocycles. The Balaban J connectivity index is 1.76. The van der Waals surface area contributed by atoms with E-state index < -0.39 is 0 Å². The molecule has 0 unspecified atom stereocenters. The van der Waals surface area contributed by atoms with Gasteiger partial charge in [0.1, 0.15) is 11.6 Å². The number of benzene rings is 1. The van der Waals surface area contributed by atoms with Crippen LogP contribution in [-0.2, 0) is 0 Å². The van der Waals surface area contributed by atoms with Crippen LogP contribution in [-0.4, -0.2) is 41.1 Å². The number of nitrogens with zero attached hydrogens (tertiary/aromatic N) is 4. The number of anilines is 2. The summed E-state index contributed by atoms with van der Waals surface area (Å²) in [5.74, 6) is 1.33. The highest BCUT2D eigenvalue weighted by Crippen LogP contribution is 2.29. The van der Waals surface area contributed by atoms with Crippen LogP contribution in [0.15, 0.2) is 24.3 Å². The van der Waals surface area contributed by atoms with Crippen molar-refractivity contribution in [1.82, 2.24) is 15.0 Å². The monoisotopic (exact) mass is 391 g/mol. The predicted molar refractivity (Wildman–Crippen MR) is 114 cm³/mol. The fourth-order valence-corrected chi connectivity index (χ4v) is 3.80. The number of carbonyl (C=O) groups is 1. The minimum Gasteiger partial charge on any atom is -0.497 e. The van der Waals surface area contributed by atoms with Gasteiger partial charge in [-0.05, 0) is 69.0 Å². The van der Waals surface area contributed by atoms with E-state index in [1.165, 1.54) is 0 Å². The molecule has 4 rings (SSSR count). The number of carbonyl (C=O) groups excluding carboxylic acids is 1. The van der Waals surface area contributed by atoms with Crippen molar-refractivity contribution in [2.75, 3.05) is 30.4 Å². The van der Waals surface area contributed by atoms with Crippen LogP contribution in [0, 0.1) is 20.8 Å². The number of aryl methyl sites for hydroxylation is 3. The second kappa shape index (κ2) is 7.66. The van der Waals surface area contributed by atoms with Gasteiger partial charge in [0.2, 0.25) is 5.82 Å². The van der Waals surface area contributed by atoms with Gasteiger partial charge in [0.15, 0.2) is 5.65 Å². The lowest BCUT2D eigenvalue weighted by atomic mass is 10.1. The van der Waals surface area contributed by atoms with Gasteiger partial charge in [0.05, 0.1) is 12.5 Å². The summed E-state index contributed by atoms with van der Waals surface area (Å²) in [6.45, 7) is 7.75. The zero-order chi connectivity index (χ0) is 20.5. The SMILES string of the molecule is COc1ccc(NC(=O)c2nc(N3CCCC3)c3c(C)cc(C)nc3n2)c(C)c1. The van der Waals surface area contributed by atoms with Crippen LogP contribution in [0.25, 0.3) is 11.0 Å². The molecule has 150 valence electrons. The molecule has 0 spiro atoms. The first kappa shape index (κ1) is 19.1. The highest BCUT2D eigenvalue weighted by atomic mass is 16.5. The Morgan fingerprint density at radius 3 is 2.48 bits per heavy atom. The number of nitrogens with one attached hydrogen (secondary N) is 1. The molecule has 1 aliphatic heterocycles. The first-order valence-electron chi connectivity index (χ1n) is 9.83. The molecule has 7 heteroatoms. The average Bonchev–Trinajstić information content (AvgIpc) is 3.23. The number of hydrogen-bond donors (Lipinski definition) is 1. The van der Waals surface area contributed by atoms with Crippen LogP contribution >= 0.6 is 0 Å². The summed E-state index contributed by atoms with van der Waals surface area (Å²) in [5.41, 5.74) is 4.13. The summed E-state index contributed by atoms with van der Waals surface area (Å²) in [6.07, 6.45) is 2.24. The number of ether oxygens (including phenoxy) is 1. The second-order valence-electron chi connectivity index (χ2n) is 7.48. The maximum Gasteiger partial charge on any atom is 0.293 e. The van der Waals surface area contributed by atoms with Gasteiger partial charge in [-0.3, -0.25) is 4.79 Å². The van der Waals surface area contributed by atoms with E-state index in [1.807, 2.05) is 45.0 Å². The van der Waals surface area contributed by atoms with Crippen LogP contribution in [0.5, 0.6) is 5.75 Å². The molecule has 29 heavy (non-hydrogen) atoms. The summed E-state index contributed by atoms with van der Waals surface area (Å²) in [7, 11) is 1.62. The highest BCUT2D eigenvalue weighted by molar-refractivity contribution is 6.04. The van der Waals surface area contributed by atoms with Crippen molar-refractivity contribution in [2.45, 2.75) is 33.6 Å². The van der Waals surface area contributed by atoms with E-state index >= 15 is 0 Å². The van der Waals surface area contributed by atoms with Crippen LogP contribution in [0.4, 0.5) is 11.5 Å². The van der Waals surface area contributed by atoms with Crippen LogP contribution < -0.4 is 15.0 Å². The molecule has 2 aromatic heterocycles. The molecule has 1 N–H and O–H groups in total. The smallest absolute Gasteiger partial charge is 0.293 e. The maximum absolute atomic E-state index is 13.0. The number of hydrogen-bond acceptors (Lipinski definition) is 6. The summed E-state index contributed by atoms with van der Waals surface area (Å²) in [4.78, 5) is 29.0. The lowest BCUT2D eigenvalue weighted by Crippen LogP contribution is -2.23. The van der Waals surface area contributed by atoms with E-state index in [-0.39, 0.29) is 11.7 Å². The minimum absolute atomic E-state index is 0.132. The molecule has 1 aliphatic rings. The van der Waals surface area contributed by atoms with Crippen molar-refractivity contribution < 1.29 is 9.53 Å². The molecule has 0 radical (unpaired) electrons. The second-order valence-corrected chi connectivity index (χ2v) is 7.48. The first-order valence-corrected chi connectivity index (χ1v) is 9.83. The van der Waals surface area contributed by atoms with Crippen molar-refractivity contribution in [3.63, 3.8) is 0 Å². The summed E-state index contributed by atoms with van der Waals surface area (Å²) in [5, 5.41) is 3.85. The number of methoxy groups -OCH3 is 1. The van der Waals surface area contributed by atoms with Gasteiger partial charge < -0.3 is 15.0 Å². The third kappa shape index (κ3) is 3.72. The number of pyridine rings is 1. The predicted octanol–water partition coefficient (Wildman–Crippen LogP) is 3.81. The lowest BCUT2D eigenvalue weighted by molar-refractivity contribution is 0.101. The Bertz CT molecular complexity index is 1090. The average molecular weight is 391 g/mol. The number of amides is 1. The van der Waals surface area contributed by atoms with Gasteiger partial charge in [-0.15, -0.1) is 0 Å². The third-order valence-corrected chi connectivity index (χ3v) is 5.26. The molecule has 0 bridgehead atoms. The topological polar surface area (TPSA) is 80.2 Å². The molecular weight excluding hydrogens is 366 g/mol. The fourth-order valence-electron chi connectivity index (χ4n) is 3.80. The summed E-state index contributed by atoms with van der Waals surface area (Å²) >= 11 is 0. The van der Waals surface area contributed by atoms with E-state index in [4.69, 9.17) is 4.74 Å². The molecule has 7 nitrogen and oxygen atoms in total. The Labute approximate surface area is 170 Å². The van der Waals surface area contributed by atoms with E-state index in [0.717, 1.165) is 59.7 Å². The Morgan fingerprint density at radius 2 is 1.79 bits per heavy atom. The van der Waals surface area contributed by atoms with Gasteiger partial charge in [-0.2, -0.15) is 0 Å². The molecule has 3 heterocycles. The quantitative estimate of drug-likeness (QED) is 0.728. The number of fused-ring (bicyclic) bond motifs is 1. The van der Waals surface area contributed by atoms with Crippen molar-refractivity contribution in [3.8, 4) is 5.75 Å². The zero-order valence-corrected chi connectivity index (χ0v) is 17.2. The largest absolute Gasteiger partial charge is 0.497 e. The molecule has 1 saturated heterocycles. The van der Waals surface area contributed by atoms with Crippen molar-refractivity contribution >= 4 is 28.4 Å². The van der Waals surface area contributed by atoms with Gasteiger partial charge in [0, 0.05) is 24.5 Å². The van der Waals surface area contributed by atoms with Gasteiger partial charge in [0.25, 0.3) is 5.91 Å². The molecule has 3 aromatic rings. The normalized spacial score (nSPS) is 13.7. The van der Waals surface area contributed by atoms with Crippen LogP contribution in [0.2, 0.25) is 0 Å². The van der Waals surface area contributed by atoms with E-state index in [2.05, 4.69) is 25.2 Å². The summed E-state index contributed by atoms with van der Waals surface area (Å²) < 4.78 is 5.23. The number of aromatic nitrogens is 3. The van der Waals surface area contributed by atoms with Gasteiger partial charge in [-0.1, -0.05) is 0 Å². The minimum atomic E-state index is -0.346. The summed E-state index contributed by atoms with van der Waals surface area (Å²) in [6, 6.07) is 7.54. The van der Waals surface area contributed by atoms with Crippen molar-refractivity contribution in [3.05, 3.63) is 46.9 Å². The molecule has 0 atom stereocenters. The van der Waals surface area contributed by atoms with Crippen molar-refractivity contribution in [2.24, 2.45) is 0 Å². The molecule has 1 amide bonds. The van der Waals surface area contributed by atoms with Crippen molar-refractivity contribution in [1.29, 1.82) is 0 Å². The molecule has 1 fully saturated rings. The zero-order valence-electron chi connectivity index (χ0n) is 17.2. The van der Waals surface area contributed by atoms with E-state index in [1.54, 1.807) is 7.11 Å². The highest BCUT2D eigenvalue weighted by Gasteiger charge is 2.23.